The first-order valence-corrected chi connectivity index (χ1v) is 7.28. The van der Waals surface area contributed by atoms with Crippen LogP contribution in [0.15, 0.2) is 18.2 Å². The molecule has 1 saturated carbocycles. The Bertz CT molecular complexity index is 441. The summed E-state index contributed by atoms with van der Waals surface area (Å²) in [4.78, 5) is 0. The van der Waals surface area contributed by atoms with Gasteiger partial charge in [0.1, 0.15) is 0 Å². The highest BCUT2D eigenvalue weighted by Crippen LogP contribution is 2.32. The lowest BCUT2D eigenvalue weighted by molar-refractivity contribution is -0.146. The van der Waals surface area contributed by atoms with Crippen LogP contribution in [0, 0.1) is 23.5 Å². The van der Waals surface area contributed by atoms with Crippen LogP contribution < -0.4 is 4.74 Å². The van der Waals surface area contributed by atoms with Gasteiger partial charge < -0.3 is 14.2 Å². The van der Waals surface area contributed by atoms with E-state index in [2.05, 4.69) is 0 Å². The lowest BCUT2D eigenvalue weighted by atomic mass is 9.82. The first-order valence-electron chi connectivity index (χ1n) is 7.28. The number of hydrogen-bond acceptors (Lipinski definition) is 3. The van der Waals surface area contributed by atoms with Crippen molar-refractivity contribution in [3.8, 4) is 5.75 Å². The van der Waals surface area contributed by atoms with Crippen molar-refractivity contribution >= 4 is 0 Å². The van der Waals surface area contributed by atoms with Gasteiger partial charge in [-0.05, 0) is 43.7 Å². The maximum atomic E-state index is 13.5. The maximum Gasteiger partial charge on any atom is 0.200 e. The monoisotopic (exact) mass is 300 g/mol. The number of benzene rings is 1. The summed E-state index contributed by atoms with van der Waals surface area (Å²) in [6.45, 7) is 0.414. The van der Waals surface area contributed by atoms with Gasteiger partial charge in [-0.3, -0.25) is 0 Å². The zero-order chi connectivity index (χ0) is 15.2. The molecule has 0 aliphatic heterocycles. The van der Waals surface area contributed by atoms with E-state index >= 15 is 0 Å². The standard InChI is InChI=1S/C16H22F2O3/c1-19-16(20-2)12-8-6-11(7-9-12)10-21-14-5-3-4-13(17)15(14)18/h3-5,11-12,16H,6-10H2,1-2H3. The quantitative estimate of drug-likeness (QED) is 0.749. The third kappa shape index (κ3) is 4.14. The van der Waals surface area contributed by atoms with E-state index in [1.54, 1.807) is 14.2 Å². The molecule has 1 aliphatic rings. The summed E-state index contributed by atoms with van der Waals surface area (Å²) in [5.41, 5.74) is 0. The van der Waals surface area contributed by atoms with Crippen LogP contribution in [0.4, 0.5) is 8.78 Å². The van der Waals surface area contributed by atoms with E-state index in [1.165, 1.54) is 12.1 Å². The first kappa shape index (κ1) is 16.2. The first-order chi connectivity index (χ1) is 10.2. The van der Waals surface area contributed by atoms with Gasteiger partial charge in [-0.15, -0.1) is 0 Å². The molecule has 0 aromatic heterocycles. The Morgan fingerprint density at radius 1 is 1.10 bits per heavy atom. The Morgan fingerprint density at radius 2 is 1.76 bits per heavy atom. The van der Waals surface area contributed by atoms with E-state index in [-0.39, 0.29) is 12.0 Å². The van der Waals surface area contributed by atoms with Crippen molar-refractivity contribution in [2.45, 2.75) is 32.0 Å². The second-order valence-electron chi connectivity index (χ2n) is 5.48. The summed E-state index contributed by atoms with van der Waals surface area (Å²) >= 11 is 0. The molecule has 1 aliphatic carbocycles. The van der Waals surface area contributed by atoms with Gasteiger partial charge in [0.15, 0.2) is 17.9 Å². The molecule has 0 heterocycles. The molecule has 118 valence electrons. The van der Waals surface area contributed by atoms with Crippen LogP contribution in [-0.4, -0.2) is 27.1 Å². The minimum atomic E-state index is -0.912. The van der Waals surface area contributed by atoms with Crippen molar-refractivity contribution in [1.29, 1.82) is 0 Å². The molecule has 5 heteroatoms. The van der Waals surface area contributed by atoms with E-state index in [4.69, 9.17) is 14.2 Å². The summed E-state index contributed by atoms with van der Waals surface area (Å²) in [7, 11) is 3.30. The summed E-state index contributed by atoms with van der Waals surface area (Å²) < 4.78 is 42.6. The molecule has 1 aromatic rings. The fourth-order valence-electron chi connectivity index (χ4n) is 2.91. The summed E-state index contributed by atoms with van der Waals surface area (Å²) in [6, 6.07) is 3.99. The molecule has 0 spiro atoms. The number of rotatable bonds is 6. The summed E-state index contributed by atoms with van der Waals surface area (Å²) in [5.74, 6) is -1.05. The maximum absolute atomic E-state index is 13.5. The Kier molecular flexibility index (Phi) is 5.94. The fraction of sp³-hybridized carbons (Fsp3) is 0.625. The minimum absolute atomic E-state index is 0.0104. The van der Waals surface area contributed by atoms with Crippen molar-refractivity contribution < 1.29 is 23.0 Å². The molecular formula is C16H22F2O3. The van der Waals surface area contributed by atoms with Crippen LogP contribution in [0.1, 0.15) is 25.7 Å². The third-order valence-electron chi connectivity index (χ3n) is 4.13. The molecule has 0 radical (unpaired) electrons. The van der Waals surface area contributed by atoms with Crippen molar-refractivity contribution in [2.24, 2.45) is 11.8 Å². The minimum Gasteiger partial charge on any atom is -0.490 e. The highest BCUT2D eigenvalue weighted by molar-refractivity contribution is 5.25. The molecule has 21 heavy (non-hydrogen) atoms. The summed E-state index contributed by atoms with van der Waals surface area (Å²) in [6.07, 6.45) is 3.78. The van der Waals surface area contributed by atoms with E-state index in [1.807, 2.05) is 0 Å². The van der Waals surface area contributed by atoms with E-state index in [9.17, 15) is 8.78 Å². The molecule has 1 fully saturated rings. The van der Waals surface area contributed by atoms with Gasteiger partial charge in [0.2, 0.25) is 5.82 Å². The highest BCUT2D eigenvalue weighted by atomic mass is 19.2. The average molecular weight is 300 g/mol. The van der Waals surface area contributed by atoms with Crippen LogP contribution in [-0.2, 0) is 9.47 Å². The lowest BCUT2D eigenvalue weighted by Gasteiger charge is -2.32. The second kappa shape index (κ2) is 7.71. The predicted octanol–water partition coefficient (Wildman–Crippen LogP) is 3.77. The Labute approximate surface area is 124 Å². The van der Waals surface area contributed by atoms with Crippen LogP contribution in [0.5, 0.6) is 5.75 Å². The van der Waals surface area contributed by atoms with Gasteiger partial charge in [0, 0.05) is 20.1 Å². The van der Waals surface area contributed by atoms with Crippen molar-refractivity contribution in [3.05, 3.63) is 29.8 Å². The van der Waals surface area contributed by atoms with Gasteiger partial charge >= 0.3 is 0 Å². The Balaban J connectivity index is 1.80. The second-order valence-corrected chi connectivity index (χ2v) is 5.48. The SMILES string of the molecule is COC(OC)C1CCC(COc2cccc(F)c2F)CC1. The molecule has 0 saturated heterocycles. The molecule has 0 atom stereocenters. The fourth-order valence-corrected chi connectivity index (χ4v) is 2.91. The molecular weight excluding hydrogens is 278 g/mol. The molecule has 0 amide bonds. The number of halogens is 2. The zero-order valence-electron chi connectivity index (χ0n) is 12.5. The van der Waals surface area contributed by atoms with Gasteiger partial charge in [0.25, 0.3) is 0 Å². The molecule has 0 bridgehead atoms. The predicted molar refractivity (Wildman–Crippen MR) is 75.1 cm³/mol. The largest absolute Gasteiger partial charge is 0.490 e. The molecule has 1 aromatic carbocycles. The van der Waals surface area contributed by atoms with Gasteiger partial charge in [-0.1, -0.05) is 6.07 Å². The molecule has 0 N–H and O–H groups in total. The Morgan fingerprint density at radius 3 is 2.38 bits per heavy atom. The third-order valence-corrected chi connectivity index (χ3v) is 4.13. The van der Waals surface area contributed by atoms with Crippen LogP contribution in [0.25, 0.3) is 0 Å². The molecule has 3 nitrogen and oxygen atoms in total. The van der Waals surface area contributed by atoms with Gasteiger partial charge in [0.05, 0.1) is 6.61 Å². The van der Waals surface area contributed by atoms with E-state index in [0.29, 0.717) is 18.4 Å². The van der Waals surface area contributed by atoms with E-state index in [0.717, 1.165) is 31.7 Å². The summed E-state index contributed by atoms with van der Waals surface area (Å²) in [5, 5.41) is 0. The normalized spacial score (nSPS) is 22.5. The van der Waals surface area contributed by atoms with Crippen molar-refractivity contribution in [2.75, 3.05) is 20.8 Å². The van der Waals surface area contributed by atoms with E-state index < -0.39 is 11.6 Å². The topological polar surface area (TPSA) is 27.7 Å². The molecule has 2 rings (SSSR count). The number of methoxy groups -OCH3 is 2. The van der Waals surface area contributed by atoms with Crippen LogP contribution >= 0.6 is 0 Å². The Hall–Kier alpha value is -1.20. The van der Waals surface area contributed by atoms with Crippen molar-refractivity contribution in [1.82, 2.24) is 0 Å². The van der Waals surface area contributed by atoms with Crippen LogP contribution in [0.3, 0.4) is 0 Å². The van der Waals surface area contributed by atoms with Crippen LogP contribution in [0.2, 0.25) is 0 Å². The zero-order valence-corrected chi connectivity index (χ0v) is 12.5. The smallest absolute Gasteiger partial charge is 0.200 e. The van der Waals surface area contributed by atoms with Crippen molar-refractivity contribution in [3.63, 3.8) is 0 Å². The molecule has 0 unspecified atom stereocenters. The number of ether oxygens (including phenoxy) is 3. The highest BCUT2D eigenvalue weighted by Gasteiger charge is 2.28. The van der Waals surface area contributed by atoms with Gasteiger partial charge in [-0.25, -0.2) is 4.39 Å². The average Bonchev–Trinajstić information content (AvgIpc) is 2.51. The van der Waals surface area contributed by atoms with Gasteiger partial charge in [-0.2, -0.15) is 4.39 Å². The number of hydrogen-bond donors (Lipinski definition) is 0. The lowest BCUT2D eigenvalue weighted by Crippen LogP contribution is -2.30.